The first-order valence-electron chi connectivity index (χ1n) is 11.2. The summed E-state index contributed by atoms with van der Waals surface area (Å²) in [6, 6.07) is 23.7. The van der Waals surface area contributed by atoms with Gasteiger partial charge >= 0.3 is 0 Å². The lowest BCUT2D eigenvalue weighted by Crippen LogP contribution is -2.24. The van der Waals surface area contributed by atoms with Gasteiger partial charge in [0.15, 0.2) is 0 Å². The van der Waals surface area contributed by atoms with Crippen LogP contribution in [0.1, 0.15) is 23.6 Å². The molecule has 0 fully saturated rings. The third kappa shape index (κ3) is 6.83. The third-order valence-corrected chi connectivity index (χ3v) is 6.60. The number of hydrogen-bond acceptors (Lipinski definition) is 5. The molecule has 0 saturated carbocycles. The van der Waals surface area contributed by atoms with Crippen molar-refractivity contribution in [3.8, 4) is 22.6 Å². The zero-order chi connectivity index (χ0) is 24.6. The average molecular weight is 554 g/mol. The van der Waals surface area contributed by atoms with Crippen LogP contribution >= 0.6 is 27.5 Å². The van der Waals surface area contributed by atoms with Crippen LogP contribution in [0.3, 0.4) is 0 Å². The molecule has 0 bridgehead atoms. The lowest BCUT2D eigenvalue weighted by molar-refractivity contribution is 0.154. The van der Waals surface area contributed by atoms with Crippen LogP contribution in [-0.4, -0.2) is 16.3 Å². The lowest BCUT2D eigenvalue weighted by atomic mass is 10.0. The van der Waals surface area contributed by atoms with Crippen LogP contribution in [0, 0.1) is 0 Å². The van der Waals surface area contributed by atoms with E-state index in [0.29, 0.717) is 36.3 Å². The Morgan fingerprint density at radius 1 is 0.943 bits per heavy atom. The summed E-state index contributed by atoms with van der Waals surface area (Å²) in [7, 11) is 0. The van der Waals surface area contributed by atoms with Crippen LogP contribution < -0.4 is 14.8 Å². The number of hydrogen-bond donors (Lipinski definition) is 2. The van der Waals surface area contributed by atoms with Crippen LogP contribution in [0.25, 0.3) is 11.1 Å². The fourth-order valence-corrected chi connectivity index (χ4v) is 4.40. The summed E-state index contributed by atoms with van der Waals surface area (Å²) in [6.45, 7) is 2.73. The average Bonchev–Trinajstić information content (AvgIpc) is 2.88. The summed E-state index contributed by atoms with van der Waals surface area (Å²) in [5.41, 5.74) is 4.98. The molecule has 180 valence electrons. The van der Waals surface area contributed by atoms with Gasteiger partial charge in [-0.25, -0.2) is 0 Å². The fraction of sp³-hybridized carbons (Fsp3) is 0.179. The van der Waals surface area contributed by atoms with Gasteiger partial charge in [-0.1, -0.05) is 66.2 Å². The van der Waals surface area contributed by atoms with Gasteiger partial charge in [0.2, 0.25) is 0 Å². The van der Waals surface area contributed by atoms with Gasteiger partial charge in [-0.15, -0.1) is 0 Å². The van der Waals surface area contributed by atoms with E-state index in [0.717, 1.165) is 32.3 Å². The van der Waals surface area contributed by atoms with Gasteiger partial charge < -0.3 is 14.6 Å². The van der Waals surface area contributed by atoms with Crippen molar-refractivity contribution in [3.05, 3.63) is 111 Å². The predicted molar refractivity (Wildman–Crippen MR) is 142 cm³/mol. The van der Waals surface area contributed by atoms with Gasteiger partial charge in [-0.05, 0) is 46.1 Å². The molecule has 1 aromatic heterocycles. The second kappa shape index (κ2) is 12.2. The van der Waals surface area contributed by atoms with Gasteiger partial charge in [0.25, 0.3) is 0 Å². The molecule has 0 saturated heterocycles. The Kier molecular flexibility index (Phi) is 8.77. The second-order valence-corrected chi connectivity index (χ2v) is 9.23. The number of benzene rings is 3. The molecule has 2 N–H and O–H groups in total. The summed E-state index contributed by atoms with van der Waals surface area (Å²) in [5, 5.41) is 13.1. The molecule has 0 aliphatic rings. The molecule has 0 spiro atoms. The van der Waals surface area contributed by atoms with E-state index in [1.54, 1.807) is 31.5 Å². The van der Waals surface area contributed by atoms with E-state index in [-0.39, 0.29) is 0 Å². The van der Waals surface area contributed by atoms with E-state index < -0.39 is 6.23 Å². The third-order valence-electron chi connectivity index (χ3n) is 5.37. The number of nitrogens with zero attached hydrogens (tertiary/aromatic N) is 1. The zero-order valence-electron chi connectivity index (χ0n) is 19.2. The quantitative estimate of drug-likeness (QED) is 0.213. The van der Waals surface area contributed by atoms with Crippen LogP contribution in [-0.2, 0) is 19.8 Å². The number of rotatable bonds is 10. The van der Waals surface area contributed by atoms with E-state index in [1.807, 2.05) is 42.5 Å². The maximum Gasteiger partial charge on any atom is 0.142 e. The monoisotopic (exact) mass is 552 g/mol. The summed E-state index contributed by atoms with van der Waals surface area (Å²) < 4.78 is 13.2. The highest BCUT2D eigenvalue weighted by Gasteiger charge is 2.14. The number of aromatic nitrogens is 1. The van der Waals surface area contributed by atoms with Crippen molar-refractivity contribution in [3.63, 3.8) is 0 Å². The van der Waals surface area contributed by atoms with Crippen LogP contribution in [0.15, 0.2) is 89.7 Å². The Labute approximate surface area is 218 Å². The molecule has 7 heteroatoms. The highest BCUT2D eigenvalue weighted by Crippen LogP contribution is 2.36. The van der Waals surface area contributed by atoms with Crippen LogP contribution in [0.5, 0.6) is 11.5 Å². The maximum absolute atomic E-state index is 9.66. The van der Waals surface area contributed by atoms with Crippen molar-refractivity contribution < 1.29 is 14.6 Å². The van der Waals surface area contributed by atoms with Crippen LogP contribution in [0.2, 0.25) is 5.02 Å². The Balaban J connectivity index is 1.55. The normalized spacial score (nSPS) is 11.8. The number of aliphatic hydroxyl groups is 1. The molecule has 1 heterocycles. The van der Waals surface area contributed by atoms with Crippen molar-refractivity contribution in [2.75, 3.05) is 0 Å². The van der Waals surface area contributed by atoms with Crippen molar-refractivity contribution in [2.45, 2.75) is 32.9 Å². The van der Waals surface area contributed by atoms with Crippen LogP contribution in [0.4, 0.5) is 0 Å². The van der Waals surface area contributed by atoms with E-state index in [4.69, 9.17) is 21.1 Å². The largest absolute Gasteiger partial charge is 0.488 e. The SMILES string of the molecule is CC(O)NCc1cc(Cl)c(OCc2cccc(-c3ccccc3)c2Br)cc1OCc1cccnc1. The van der Waals surface area contributed by atoms with Gasteiger partial charge in [0.05, 0.1) is 5.02 Å². The molecule has 35 heavy (non-hydrogen) atoms. The Morgan fingerprint density at radius 2 is 1.74 bits per heavy atom. The van der Waals surface area contributed by atoms with E-state index >= 15 is 0 Å². The van der Waals surface area contributed by atoms with Gasteiger partial charge in [-0.2, -0.15) is 0 Å². The Bertz CT molecular complexity index is 1250. The first-order valence-corrected chi connectivity index (χ1v) is 12.4. The molecule has 1 atom stereocenters. The molecule has 0 aliphatic carbocycles. The summed E-state index contributed by atoms with van der Waals surface area (Å²) in [5.74, 6) is 1.14. The Hall–Kier alpha value is -2.90. The van der Waals surface area contributed by atoms with Crippen molar-refractivity contribution in [2.24, 2.45) is 0 Å². The van der Waals surface area contributed by atoms with Crippen molar-refractivity contribution in [1.82, 2.24) is 10.3 Å². The zero-order valence-corrected chi connectivity index (χ0v) is 21.6. The minimum absolute atomic E-state index is 0.328. The molecule has 4 rings (SSSR count). The first-order chi connectivity index (χ1) is 17.0. The molecular formula is C28H26BrClN2O3. The molecule has 3 aromatic carbocycles. The van der Waals surface area contributed by atoms with E-state index in [1.165, 1.54) is 0 Å². The van der Waals surface area contributed by atoms with Gasteiger partial charge in [0, 0.05) is 46.2 Å². The smallest absolute Gasteiger partial charge is 0.142 e. The molecule has 0 radical (unpaired) electrons. The lowest BCUT2D eigenvalue weighted by Gasteiger charge is -2.17. The number of nitrogens with one attached hydrogen (secondary N) is 1. The molecule has 4 aromatic rings. The second-order valence-electron chi connectivity index (χ2n) is 8.03. The number of halogens is 2. The van der Waals surface area contributed by atoms with Gasteiger partial charge in [-0.3, -0.25) is 10.3 Å². The highest BCUT2D eigenvalue weighted by molar-refractivity contribution is 9.10. The van der Waals surface area contributed by atoms with Crippen molar-refractivity contribution in [1.29, 1.82) is 0 Å². The standard InChI is InChI=1S/C28H26BrClN2O3/c1-19(33)32-16-23-13-25(30)27(14-26(23)34-17-20-7-6-12-31-15-20)35-18-22-10-5-11-24(28(22)29)21-8-3-2-4-9-21/h2-15,19,32-33H,16-18H2,1H3. The summed E-state index contributed by atoms with van der Waals surface area (Å²) >= 11 is 10.3. The number of aliphatic hydroxyl groups excluding tert-OH is 1. The molecular weight excluding hydrogens is 528 g/mol. The number of pyridine rings is 1. The minimum atomic E-state index is -0.662. The highest BCUT2D eigenvalue weighted by atomic mass is 79.9. The minimum Gasteiger partial charge on any atom is -0.488 e. The maximum atomic E-state index is 9.66. The Morgan fingerprint density at radius 3 is 2.49 bits per heavy atom. The van der Waals surface area contributed by atoms with Gasteiger partial charge in [0.1, 0.15) is 30.9 Å². The molecule has 0 aliphatic heterocycles. The molecule has 1 unspecified atom stereocenters. The number of ether oxygens (including phenoxy) is 2. The predicted octanol–water partition coefficient (Wildman–Crippen LogP) is 6.75. The fourth-order valence-electron chi connectivity index (χ4n) is 3.55. The van der Waals surface area contributed by atoms with E-state index in [9.17, 15) is 5.11 Å². The topological polar surface area (TPSA) is 63.6 Å². The van der Waals surface area contributed by atoms with E-state index in [2.05, 4.69) is 44.4 Å². The first kappa shape index (κ1) is 25.2. The molecule has 0 amide bonds. The summed E-state index contributed by atoms with van der Waals surface area (Å²) in [6.07, 6.45) is 2.82. The summed E-state index contributed by atoms with van der Waals surface area (Å²) in [4.78, 5) is 4.14. The van der Waals surface area contributed by atoms with Crippen molar-refractivity contribution >= 4 is 27.5 Å². The molecule has 5 nitrogen and oxygen atoms in total.